The molecule has 0 spiro atoms. The Kier molecular flexibility index (Phi) is 4.01. The van der Waals surface area contributed by atoms with E-state index < -0.39 is 0 Å². The predicted molar refractivity (Wildman–Crippen MR) is 79.3 cm³/mol. The van der Waals surface area contributed by atoms with E-state index in [0.717, 1.165) is 49.7 Å². The van der Waals surface area contributed by atoms with Crippen LogP contribution in [-0.2, 0) is 13.0 Å². The SMILES string of the molecule is Cc1nc(CN2CCC(Cc3ccc(C)c(F)c3)C2)n[nH]1. The second kappa shape index (κ2) is 5.93. The van der Waals surface area contributed by atoms with Gasteiger partial charge >= 0.3 is 0 Å². The first-order valence-corrected chi connectivity index (χ1v) is 7.45. The zero-order valence-electron chi connectivity index (χ0n) is 12.6. The van der Waals surface area contributed by atoms with Gasteiger partial charge in [0.25, 0.3) is 0 Å². The van der Waals surface area contributed by atoms with E-state index in [2.05, 4.69) is 20.1 Å². The van der Waals surface area contributed by atoms with Crippen LogP contribution in [0.2, 0.25) is 0 Å². The molecule has 1 saturated heterocycles. The molecule has 0 radical (unpaired) electrons. The molecule has 1 unspecified atom stereocenters. The molecule has 1 aromatic carbocycles. The smallest absolute Gasteiger partial charge is 0.164 e. The lowest BCUT2D eigenvalue weighted by atomic mass is 9.98. The second-order valence-electron chi connectivity index (χ2n) is 6.01. The van der Waals surface area contributed by atoms with Crippen molar-refractivity contribution in [2.24, 2.45) is 5.92 Å². The van der Waals surface area contributed by atoms with Crippen molar-refractivity contribution < 1.29 is 4.39 Å². The minimum atomic E-state index is -0.0986. The van der Waals surface area contributed by atoms with E-state index in [0.29, 0.717) is 11.5 Å². The monoisotopic (exact) mass is 288 g/mol. The summed E-state index contributed by atoms with van der Waals surface area (Å²) in [4.78, 5) is 6.72. The largest absolute Gasteiger partial charge is 0.296 e. The molecule has 2 heterocycles. The number of hydrogen-bond donors (Lipinski definition) is 1. The maximum absolute atomic E-state index is 13.6. The number of H-pyrrole nitrogens is 1. The summed E-state index contributed by atoms with van der Waals surface area (Å²) >= 11 is 0. The van der Waals surface area contributed by atoms with Crippen LogP contribution in [0.3, 0.4) is 0 Å². The van der Waals surface area contributed by atoms with Crippen molar-refractivity contribution in [3.63, 3.8) is 0 Å². The third kappa shape index (κ3) is 3.47. The number of aryl methyl sites for hydroxylation is 2. The average Bonchev–Trinajstić information content (AvgIpc) is 3.04. The van der Waals surface area contributed by atoms with Gasteiger partial charge in [-0.3, -0.25) is 10.00 Å². The Morgan fingerprint density at radius 1 is 1.38 bits per heavy atom. The molecule has 21 heavy (non-hydrogen) atoms. The number of hydrogen-bond acceptors (Lipinski definition) is 3. The molecule has 1 aliphatic rings. The third-order valence-corrected chi connectivity index (χ3v) is 4.14. The summed E-state index contributed by atoms with van der Waals surface area (Å²) in [6.07, 6.45) is 2.10. The first-order chi connectivity index (χ1) is 10.1. The highest BCUT2D eigenvalue weighted by Gasteiger charge is 2.23. The van der Waals surface area contributed by atoms with Crippen molar-refractivity contribution in [1.82, 2.24) is 20.1 Å². The fourth-order valence-corrected chi connectivity index (χ4v) is 2.98. The van der Waals surface area contributed by atoms with Gasteiger partial charge in [-0.05, 0) is 56.3 Å². The summed E-state index contributed by atoms with van der Waals surface area (Å²) < 4.78 is 13.6. The second-order valence-corrected chi connectivity index (χ2v) is 6.01. The van der Waals surface area contributed by atoms with Crippen molar-refractivity contribution in [3.8, 4) is 0 Å². The number of nitrogens with one attached hydrogen (secondary N) is 1. The molecule has 0 bridgehead atoms. The summed E-state index contributed by atoms with van der Waals surface area (Å²) in [5.74, 6) is 2.20. The van der Waals surface area contributed by atoms with Crippen molar-refractivity contribution in [2.45, 2.75) is 33.2 Å². The van der Waals surface area contributed by atoms with Gasteiger partial charge in [-0.2, -0.15) is 5.10 Å². The summed E-state index contributed by atoms with van der Waals surface area (Å²) in [6.45, 7) is 6.60. The Bertz CT molecular complexity index is 622. The predicted octanol–water partition coefficient (Wildman–Crippen LogP) is 2.63. The Labute approximate surface area is 124 Å². The van der Waals surface area contributed by atoms with Gasteiger partial charge in [0.15, 0.2) is 5.82 Å². The lowest BCUT2D eigenvalue weighted by molar-refractivity contribution is 0.308. The van der Waals surface area contributed by atoms with Crippen LogP contribution < -0.4 is 0 Å². The topological polar surface area (TPSA) is 44.8 Å². The van der Waals surface area contributed by atoms with Gasteiger partial charge in [0, 0.05) is 6.54 Å². The first-order valence-electron chi connectivity index (χ1n) is 7.45. The molecule has 1 N–H and O–H groups in total. The zero-order chi connectivity index (χ0) is 14.8. The highest BCUT2D eigenvalue weighted by molar-refractivity contribution is 5.23. The number of halogens is 1. The quantitative estimate of drug-likeness (QED) is 0.940. The maximum Gasteiger partial charge on any atom is 0.164 e. The molecule has 2 aromatic rings. The summed E-state index contributed by atoms with van der Waals surface area (Å²) in [7, 11) is 0. The number of nitrogens with zero attached hydrogens (tertiary/aromatic N) is 3. The van der Waals surface area contributed by atoms with Crippen LogP contribution in [0.4, 0.5) is 4.39 Å². The lowest BCUT2D eigenvalue weighted by Gasteiger charge is -2.14. The van der Waals surface area contributed by atoms with Crippen LogP contribution in [0.25, 0.3) is 0 Å². The van der Waals surface area contributed by atoms with Gasteiger partial charge in [0.2, 0.25) is 0 Å². The summed E-state index contributed by atoms with van der Waals surface area (Å²) in [5, 5.41) is 7.06. The van der Waals surface area contributed by atoms with E-state index in [1.165, 1.54) is 0 Å². The molecule has 1 atom stereocenters. The van der Waals surface area contributed by atoms with Crippen LogP contribution in [0.1, 0.15) is 29.2 Å². The molecule has 3 rings (SSSR count). The molecule has 0 saturated carbocycles. The fraction of sp³-hybridized carbons (Fsp3) is 0.500. The number of benzene rings is 1. The van der Waals surface area contributed by atoms with Gasteiger partial charge in [0.1, 0.15) is 11.6 Å². The molecule has 4 nitrogen and oxygen atoms in total. The highest BCUT2D eigenvalue weighted by Crippen LogP contribution is 2.22. The van der Waals surface area contributed by atoms with E-state index in [1.807, 2.05) is 19.1 Å². The van der Waals surface area contributed by atoms with Crippen LogP contribution in [0, 0.1) is 25.6 Å². The van der Waals surface area contributed by atoms with Crippen LogP contribution >= 0.6 is 0 Å². The molecule has 0 aliphatic carbocycles. The molecule has 1 aromatic heterocycles. The summed E-state index contributed by atoms with van der Waals surface area (Å²) in [6, 6.07) is 5.59. The van der Waals surface area contributed by atoms with E-state index in [9.17, 15) is 4.39 Å². The average molecular weight is 288 g/mol. The van der Waals surface area contributed by atoms with Crippen molar-refractivity contribution in [2.75, 3.05) is 13.1 Å². The van der Waals surface area contributed by atoms with Gasteiger partial charge in [-0.25, -0.2) is 9.37 Å². The summed E-state index contributed by atoms with van der Waals surface area (Å²) in [5.41, 5.74) is 1.81. The molecular weight excluding hydrogens is 267 g/mol. The molecule has 1 aliphatic heterocycles. The third-order valence-electron chi connectivity index (χ3n) is 4.14. The molecule has 0 amide bonds. The van der Waals surface area contributed by atoms with Crippen molar-refractivity contribution in [1.29, 1.82) is 0 Å². The number of rotatable bonds is 4. The molecule has 5 heteroatoms. The standard InChI is InChI=1S/C16H21FN4/c1-11-3-4-13(8-15(11)17)7-14-5-6-21(9-14)10-16-18-12(2)19-20-16/h3-4,8,14H,5-7,9-10H2,1-2H3,(H,18,19,20). The zero-order valence-corrected chi connectivity index (χ0v) is 12.6. The molecular formula is C16H21FN4. The number of aromatic nitrogens is 3. The number of likely N-dealkylation sites (tertiary alicyclic amines) is 1. The van der Waals surface area contributed by atoms with Crippen LogP contribution in [0.15, 0.2) is 18.2 Å². The van der Waals surface area contributed by atoms with Gasteiger partial charge in [-0.15, -0.1) is 0 Å². The first kappa shape index (κ1) is 14.2. The molecule has 112 valence electrons. The normalized spacial score (nSPS) is 19.3. The van der Waals surface area contributed by atoms with Crippen LogP contribution in [-0.4, -0.2) is 33.2 Å². The van der Waals surface area contributed by atoms with Crippen LogP contribution in [0.5, 0.6) is 0 Å². The highest BCUT2D eigenvalue weighted by atomic mass is 19.1. The molecule has 1 fully saturated rings. The van der Waals surface area contributed by atoms with E-state index >= 15 is 0 Å². The Balaban J connectivity index is 1.55. The van der Waals surface area contributed by atoms with E-state index in [4.69, 9.17) is 0 Å². The minimum Gasteiger partial charge on any atom is -0.296 e. The fourth-order valence-electron chi connectivity index (χ4n) is 2.98. The van der Waals surface area contributed by atoms with E-state index in [1.54, 1.807) is 13.0 Å². The van der Waals surface area contributed by atoms with Crippen molar-refractivity contribution >= 4 is 0 Å². The maximum atomic E-state index is 13.6. The van der Waals surface area contributed by atoms with Gasteiger partial charge < -0.3 is 0 Å². The van der Waals surface area contributed by atoms with Gasteiger partial charge in [-0.1, -0.05) is 12.1 Å². The number of aromatic amines is 1. The lowest BCUT2D eigenvalue weighted by Crippen LogP contribution is -2.21. The Morgan fingerprint density at radius 3 is 2.95 bits per heavy atom. The van der Waals surface area contributed by atoms with E-state index in [-0.39, 0.29) is 5.82 Å². The Hall–Kier alpha value is -1.75. The van der Waals surface area contributed by atoms with Gasteiger partial charge in [0.05, 0.1) is 6.54 Å². The van der Waals surface area contributed by atoms with Crippen molar-refractivity contribution in [3.05, 3.63) is 46.8 Å². The minimum absolute atomic E-state index is 0.0986. The Morgan fingerprint density at radius 2 is 2.24 bits per heavy atom.